The lowest BCUT2D eigenvalue weighted by Crippen LogP contribution is -2.47. The molecule has 126 valence electrons. The molecule has 4 heteroatoms. The molecule has 1 amide bonds. The summed E-state index contributed by atoms with van der Waals surface area (Å²) in [4.78, 5) is 27.7. The highest BCUT2D eigenvalue weighted by Gasteiger charge is 2.61. The van der Waals surface area contributed by atoms with Gasteiger partial charge >= 0.3 is 0 Å². The van der Waals surface area contributed by atoms with Gasteiger partial charge in [-0.3, -0.25) is 9.59 Å². The zero-order valence-electron chi connectivity index (χ0n) is 14.5. The number of fused-ring (bicyclic) bond motifs is 3. The zero-order chi connectivity index (χ0) is 17.1. The van der Waals surface area contributed by atoms with Crippen LogP contribution in [0.1, 0.15) is 50.5 Å². The van der Waals surface area contributed by atoms with E-state index in [0.29, 0.717) is 17.0 Å². The third-order valence-corrected chi connectivity index (χ3v) is 7.10. The summed E-state index contributed by atoms with van der Waals surface area (Å²) in [5.41, 5.74) is 0.521. The molecule has 2 saturated carbocycles. The molecule has 1 aromatic heterocycles. The predicted molar refractivity (Wildman–Crippen MR) is 95.1 cm³/mol. The van der Waals surface area contributed by atoms with Crippen LogP contribution in [0, 0.1) is 16.7 Å². The molecule has 2 bridgehead atoms. The number of carbonyl (C=O) groups excluding carboxylic acids is 1. The summed E-state index contributed by atoms with van der Waals surface area (Å²) in [5.74, 6) is 0.496. The van der Waals surface area contributed by atoms with E-state index < -0.39 is 0 Å². The number of carbonyl (C=O) groups is 1. The lowest BCUT2D eigenvalue weighted by Gasteiger charge is -2.39. The molecule has 24 heavy (non-hydrogen) atoms. The van der Waals surface area contributed by atoms with Crippen molar-refractivity contribution >= 4 is 16.7 Å². The number of aromatic nitrogens is 1. The van der Waals surface area contributed by atoms with Crippen molar-refractivity contribution in [2.45, 2.75) is 46.1 Å². The maximum absolute atomic E-state index is 12.7. The summed E-state index contributed by atoms with van der Waals surface area (Å²) in [6.07, 6.45) is 3.44. The topological polar surface area (TPSA) is 62.0 Å². The van der Waals surface area contributed by atoms with Gasteiger partial charge in [0.05, 0.1) is 0 Å². The van der Waals surface area contributed by atoms with Gasteiger partial charge in [0.1, 0.15) is 5.69 Å². The molecular formula is C20H24N2O2. The molecule has 2 aliphatic carbocycles. The first-order valence-corrected chi connectivity index (χ1v) is 8.76. The van der Waals surface area contributed by atoms with Crippen molar-refractivity contribution in [1.82, 2.24) is 10.3 Å². The molecule has 4 rings (SSSR count). The van der Waals surface area contributed by atoms with Crippen LogP contribution in [0.3, 0.4) is 0 Å². The second-order valence-corrected chi connectivity index (χ2v) is 8.24. The van der Waals surface area contributed by atoms with E-state index in [-0.39, 0.29) is 28.3 Å². The van der Waals surface area contributed by atoms with Crippen molar-refractivity contribution < 1.29 is 4.79 Å². The average Bonchev–Trinajstić information content (AvgIpc) is 2.88. The van der Waals surface area contributed by atoms with Gasteiger partial charge in [-0.15, -0.1) is 0 Å². The van der Waals surface area contributed by atoms with E-state index in [4.69, 9.17) is 0 Å². The first-order chi connectivity index (χ1) is 11.3. The van der Waals surface area contributed by atoms with E-state index in [1.54, 1.807) is 12.1 Å². The van der Waals surface area contributed by atoms with Crippen LogP contribution in [-0.2, 0) is 0 Å². The van der Waals surface area contributed by atoms with Crippen LogP contribution in [0.25, 0.3) is 10.8 Å². The van der Waals surface area contributed by atoms with Gasteiger partial charge in [-0.05, 0) is 53.5 Å². The third-order valence-electron chi connectivity index (χ3n) is 7.10. The summed E-state index contributed by atoms with van der Waals surface area (Å²) in [7, 11) is 0. The molecule has 2 aromatic rings. The Labute approximate surface area is 141 Å². The lowest BCUT2D eigenvalue weighted by molar-refractivity contribution is 0.0821. The molecule has 0 spiro atoms. The van der Waals surface area contributed by atoms with Gasteiger partial charge < -0.3 is 10.3 Å². The van der Waals surface area contributed by atoms with Crippen LogP contribution in [0.15, 0.2) is 35.1 Å². The predicted octanol–water partition coefficient (Wildman–Crippen LogP) is 3.47. The normalized spacial score (nSPS) is 30.6. The van der Waals surface area contributed by atoms with Crippen LogP contribution in [0.5, 0.6) is 0 Å². The molecule has 2 fully saturated rings. The summed E-state index contributed by atoms with van der Waals surface area (Å²) < 4.78 is 0. The zero-order valence-corrected chi connectivity index (χ0v) is 14.5. The SMILES string of the molecule is CC1(C)C2CCC1(C)C(NC(=O)c1cc3ccccc3c(=O)[nH]1)C2. The van der Waals surface area contributed by atoms with Crippen molar-refractivity contribution in [2.24, 2.45) is 16.7 Å². The van der Waals surface area contributed by atoms with E-state index in [9.17, 15) is 9.59 Å². The third kappa shape index (κ3) is 1.98. The molecule has 2 aliphatic rings. The summed E-state index contributed by atoms with van der Waals surface area (Å²) >= 11 is 0. The quantitative estimate of drug-likeness (QED) is 0.888. The molecule has 0 saturated heterocycles. The number of aromatic amines is 1. The highest BCUT2D eigenvalue weighted by Crippen LogP contribution is 2.65. The van der Waals surface area contributed by atoms with Crippen LogP contribution in [0.4, 0.5) is 0 Å². The molecular weight excluding hydrogens is 300 g/mol. The van der Waals surface area contributed by atoms with Crippen LogP contribution in [-0.4, -0.2) is 16.9 Å². The van der Waals surface area contributed by atoms with E-state index in [0.717, 1.165) is 18.2 Å². The largest absolute Gasteiger partial charge is 0.347 e. The van der Waals surface area contributed by atoms with E-state index >= 15 is 0 Å². The summed E-state index contributed by atoms with van der Waals surface area (Å²) in [5, 5.41) is 4.62. The number of hydrogen-bond donors (Lipinski definition) is 2. The molecule has 3 atom stereocenters. The van der Waals surface area contributed by atoms with E-state index in [2.05, 4.69) is 31.1 Å². The molecule has 0 aliphatic heterocycles. The number of H-pyrrole nitrogens is 1. The van der Waals surface area contributed by atoms with Gasteiger partial charge in [0.15, 0.2) is 0 Å². The minimum Gasteiger partial charge on any atom is -0.347 e. The Kier molecular flexibility index (Phi) is 3.18. The van der Waals surface area contributed by atoms with Gasteiger partial charge in [0.25, 0.3) is 11.5 Å². The van der Waals surface area contributed by atoms with Crippen molar-refractivity contribution in [2.75, 3.05) is 0 Å². The van der Waals surface area contributed by atoms with Gasteiger partial charge in [0.2, 0.25) is 0 Å². The molecule has 3 unspecified atom stereocenters. The van der Waals surface area contributed by atoms with Crippen molar-refractivity contribution in [3.05, 3.63) is 46.4 Å². The van der Waals surface area contributed by atoms with Crippen LogP contribution in [0.2, 0.25) is 0 Å². The van der Waals surface area contributed by atoms with E-state index in [1.165, 1.54) is 6.42 Å². The number of rotatable bonds is 2. The van der Waals surface area contributed by atoms with Gasteiger partial charge in [-0.25, -0.2) is 0 Å². The van der Waals surface area contributed by atoms with Crippen LogP contribution < -0.4 is 10.9 Å². The molecule has 4 nitrogen and oxygen atoms in total. The Morgan fingerprint density at radius 3 is 2.67 bits per heavy atom. The number of amides is 1. The number of nitrogens with one attached hydrogen (secondary N) is 2. The second-order valence-electron chi connectivity index (χ2n) is 8.24. The molecule has 1 aromatic carbocycles. The second kappa shape index (κ2) is 4.95. The van der Waals surface area contributed by atoms with Gasteiger partial charge in [-0.2, -0.15) is 0 Å². The Bertz CT molecular complexity index is 883. The monoisotopic (exact) mass is 324 g/mol. The number of hydrogen-bond acceptors (Lipinski definition) is 2. The van der Waals surface area contributed by atoms with Crippen molar-refractivity contribution in [3.8, 4) is 0 Å². The average molecular weight is 324 g/mol. The number of pyridine rings is 1. The maximum Gasteiger partial charge on any atom is 0.268 e. The summed E-state index contributed by atoms with van der Waals surface area (Å²) in [6, 6.07) is 9.29. The Morgan fingerprint density at radius 1 is 1.25 bits per heavy atom. The van der Waals surface area contributed by atoms with Gasteiger partial charge in [0, 0.05) is 11.4 Å². The fourth-order valence-corrected chi connectivity index (χ4v) is 4.99. The minimum atomic E-state index is -0.210. The van der Waals surface area contributed by atoms with Crippen molar-refractivity contribution in [1.29, 1.82) is 0 Å². The lowest BCUT2D eigenvalue weighted by atomic mass is 9.69. The summed E-state index contributed by atoms with van der Waals surface area (Å²) in [6.45, 7) is 6.96. The van der Waals surface area contributed by atoms with Crippen LogP contribution >= 0.6 is 0 Å². The van der Waals surface area contributed by atoms with E-state index in [1.807, 2.05) is 18.2 Å². The van der Waals surface area contributed by atoms with Crippen molar-refractivity contribution in [3.63, 3.8) is 0 Å². The highest BCUT2D eigenvalue weighted by atomic mass is 16.2. The van der Waals surface area contributed by atoms with Gasteiger partial charge in [-0.1, -0.05) is 39.0 Å². The standard InChI is InChI=1S/C20H24N2O2/c1-19(2)13-8-9-20(19,3)16(11-13)22-18(24)15-10-12-6-4-5-7-14(12)17(23)21-15/h4-7,10,13,16H,8-9,11H2,1-3H3,(H,21,23)(H,22,24). The Hall–Kier alpha value is -2.10. The first kappa shape index (κ1) is 15.4. The molecule has 0 radical (unpaired) electrons. The highest BCUT2D eigenvalue weighted by molar-refractivity contribution is 5.96. The maximum atomic E-state index is 12.7. The first-order valence-electron chi connectivity index (χ1n) is 8.76. The smallest absolute Gasteiger partial charge is 0.268 e. The fraction of sp³-hybridized carbons (Fsp3) is 0.500. The Balaban J connectivity index is 1.63. The molecule has 1 heterocycles. The molecule has 2 N–H and O–H groups in total. The Morgan fingerprint density at radius 2 is 2.00 bits per heavy atom. The number of benzene rings is 1. The minimum absolute atomic E-state index is 0.129. The fourth-order valence-electron chi connectivity index (χ4n) is 4.99.